The van der Waals surface area contributed by atoms with Crippen molar-refractivity contribution in [1.82, 2.24) is 0 Å². The molecule has 0 unspecified atom stereocenters. The standard InChI is InChI=1S/C26H30O6/c1-3-8-23(9-4-1)19-30-22-32-26-13-7-10-24(18-26)20-28-16-14-27-15-17-29-21-31-25-11-5-2-6-12-25/h1-13,18H,14-17,19-22H2. The van der Waals surface area contributed by atoms with Crippen molar-refractivity contribution in [2.24, 2.45) is 0 Å². The molecule has 0 aliphatic rings. The fraction of sp³-hybridized carbons (Fsp3) is 0.308. The molecular formula is C26H30O6. The molecule has 0 aliphatic carbocycles. The van der Waals surface area contributed by atoms with Crippen molar-refractivity contribution >= 4 is 0 Å². The molecule has 0 N–H and O–H groups in total. The van der Waals surface area contributed by atoms with Crippen LogP contribution in [0.2, 0.25) is 0 Å². The Kier molecular flexibility index (Phi) is 11.1. The summed E-state index contributed by atoms with van der Waals surface area (Å²) in [5, 5.41) is 0. The highest BCUT2D eigenvalue weighted by Gasteiger charge is 1.99. The molecule has 0 aromatic heterocycles. The van der Waals surface area contributed by atoms with Crippen molar-refractivity contribution in [3.05, 3.63) is 96.1 Å². The van der Waals surface area contributed by atoms with Gasteiger partial charge in [-0.25, -0.2) is 0 Å². The van der Waals surface area contributed by atoms with E-state index in [-0.39, 0.29) is 13.6 Å². The Bertz CT molecular complexity index is 856. The van der Waals surface area contributed by atoms with Crippen LogP contribution in [-0.4, -0.2) is 40.0 Å². The first kappa shape index (κ1) is 23.8. The van der Waals surface area contributed by atoms with E-state index in [1.165, 1.54) is 0 Å². The highest BCUT2D eigenvalue weighted by atomic mass is 16.7. The van der Waals surface area contributed by atoms with Crippen LogP contribution in [0.5, 0.6) is 11.5 Å². The molecule has 0 radical (unpaired) electrons. The maximum absolute atomic E-state index is 5.67. The summed E-state index contributed by atoms with van der Waals surface area (Å²) in [4.78, 5) is 0. The Morgan fingerprint density at radius 3 is 1.81 bits per heavy atom. The average molecular weight is 439 g/mol. The molecule has 3 rings (SSSR count). The third kappa shape index (κ3) is 9.94. The number of hydrogen-bond acceptors (Lipinski definition) is 6. The van der Waals surface area contributed by atoms with Gasteiger partial charge in [-0.1, -0.05) is 60.7 Å². The summed E-state index contributed by atoms with van der Waals surface area (Å²) < 4.78 is 33.2. The Morgan fingerprint density at radius 1 is 0.438 bits per heavy atom. The van der Waals surface area contributed by atoms with E-state index in [1.807, 2.05) is 84.9 Å². The van der Waals surface area contributed by atoms with E-state index >= 15 is 0 Å². The van der Waals surface area contributed by atoms with E-state index in [4.69, 9.17) is 28.4 Å². The highest BCUT2D eigenvalue weighted by molar-refractivity contribution is 5.28. The summed E-state index contributed by atoms with van der Waals surface area (Å²) in [7, 11) is 0. The molecule has 0 aliphatic heterocycles. The van der Waals surface area contributed by atoms with Gasteiger partial charge in [0.15, 0.2) is 13.6 Å². The molecular weight excluding hydrogens is 408 g/mol. The first-order valence-corrected chi connectivity index (χ1v) is 10.6. The van der Waals surface area contributed by atoms with Crippen LogP contribution in [0.15, 0.2) is 84.9 Å². The molecule has 3 aromatic carbocycles. The van der Waals surface area contributed by atoms with Gasteiger partial charge < -0.3 is 28.4 Å². The number of para-hydroxylation sites is 1. The SMILES string of the molecule is c1ccc(COCOc2cccc(COCCOCCOCOc3ccccc3)c2)cc1. The average Bonchev–Trinajstić information content (AvgIpc) is 2.84. The lowest BCUT2D eigenvalue weighted by Gasteiger charge is -2.10. The molecule has 0 amide bonds. The van der Waals surface area contributed by atoms with Crippen molar-refractivity contribution in [2.75, 3.05) is 40.0 Å². The van der Waals surface area contributed by atoms with Crippen LogP contribution < -0.4 is 9.47 Å². The minimum atomic E-state index is 0.200. The molecule has 6 nitrogen and oxygen atoms in total. The summed E-state index contributed by atoms with van der Waals surface area (Å²) in [5.74, 6) is 1.54. The van der Waals surface area contributed by atoms with Crippen molar-refractivity contribution < 1.29 is 28.4 Å². The van der Waals surface area contributed by atoms with Crippen LogP contribution in [0.25, 0.3) is 0 Å². The van der Waals surface area contributed by atoms with Crippen molar-refractivity contribution in [3.63, 3.8) is 0 Å². The second-order valence-corrected chi connectivity index (χ2v) is 6.89. The third-order valence-corrected chi connectivity index (χ3v) is 4.38. The molecule has 0 spiro atoms. The number of hydrogen-bond donors (Lipinski definition) is 0. The van der Waals surface area contributed by atoms with Crippen LogP contribution in [-0.2, 0) is 32.2 Å². The summed E-state index contributed by atoms with van der Waals surface area (Å²) in [6.45, 7) is 3.40. The Morgan fingerprint density at radius 2 is 1.00 bits per heavy atom. The van der Waals surface area contributed by atoms with Gasteiger partial charge in [0, 0.05) is 0 Å². The first-order chi connectivity index (χ1) is 15.9. The van der Waals surface area contributed by atoms with E-state index in [0.717, 1.165) is 22.6 Å². The zero-order valence-electron chi connectivity index (χ0n) is 18.2. The Labute approximate surface area is 189 Å². The maximum Gasteiger partial charge on any atom is 0.189 e. The molecule has 0 atom stereocenters. The third-order valence-electron chi connectivity index (χ3n) is 4.38. The van der Waals surface area contributed by atoms with E-state index in [0.29, 0.717) is 39.6 Å². The smallest absolute Gasteiger partial charge is 0.189 e. The Balaban J connectivity index is 1.17. The predicted molar refractivity (Wildman–Crippen MR) is 122 cm³/mol. The van der Waals surface area contributed by atoms with Crippen LogP contribution >= 0.6 is 0 Å². The van der Waals surface area contributed by atoms with Gasteiger partial charge in [0.05, 0.1) is 39.6 Å². The number of benzene rings is 3. The molecule has 0 saturated heterocycles. The van der Waals surface area contributed by atoms with E-state index in [9.17, 15) is 0 Å². The molecule has 0 heterocycles. The fourth-order valence-corrected chi connectivity index (χ4v) is 2.78. The lowest BCUT2D eigenvalue weighted by atomic mass is 10.2. The van der Waals surface area contributed by atoms with Crippen molar-refractivity contribution in [1.29, 1.82) is 0 Å². The minimum Gasteiger partial charge on any atom is -0.468 e. The molecule has 0 fully saturated rings. The fourth-order valence-electron chi connectivity index (χ4n) is 2.78. The molecule has 32 heavy (non-hydrogen) atoms. The van der Waals surface area contributed by atoms with Crippen LogP contribution in [0, 0.1) is 0 Å². The van der Waals surface area contributed by atoms with Gasteiger partial charge in [-0.05, 0) is 35.4 Å². The molecule has 3 aromatic rings. The minimum absolute atomic E-state index is 0.200. The van der Waals surface area contributed by atoms with Gasteiger partial charge in [0.1, 0.15) is 11.5 Å². The van der Waals surface area contributed by atoms with E-state index in [2.05, 4.69) is 0 Å². The van der Waals surface area contributed by atoms with E-state index < -0.39 is 0 Å². The highest BCUT2D eigenvalue weighted by Crippen LogP contribution is 2.14. The summed E-state index contributed by atoms with van der Waals surface area (Å²) in [5.41, 5.74) is 2.15. The van der Waals surface area contributed by atoms with Crippen LogP contribution in [0.3, 0.4) is 0 Å². The number of ether oxygens (including phenoxy) is 6. The van der Waals surface area contributed by atoms with Gasteiger partial charge in [0.25, 0.3) is 0 Å². The largest absolute Gasteiger partial charge is 0.468 e. The second kappa shape index (κ2) is 15.0. The lowest BCUT2D eigenvalue weighted by Crippen LogP contribution is -2.11. The summed E-state index contributed by atoms with van der Waals surface area (Å²) >= 11 is 0. The topological polar surface area (TPSA) is 55.4 Å². The molecule has 0 bridgehead atoms. The zero-order valence-corrected chi connectivity index (χ0v) is 18.2. The Hall–Kier alpha value is -2.90. The van der Waals surface area contributed by atoms with E-state index in [1.54, 1.807) is 0 Å². The zero-order chi connectivity index (χ0) is 22.1. The summed E-state index contributed by atoms with van der Waals surface area (Å²) in [6, 6.07) is 27.4. The number of rotatable bonds is 16. The molecule has 170 valence electrons. The molecule has 0 saturated carbocycles. The molecule has 6 heteroatoms. The first-order valence-electron chi connectivity index (χ1n) is 10.6. The van der Waals surface area contributed by atoms with Crippen molar-refractivity contribution in [2.45, 2.75) is 13.2 Å². The van der Waals surface area contributed by atoms with Gasteiger partial charge in [-0.15, -0.1) is 0 Å². The lowest BCUT2D eigenvalue weighted by molar-refractivity contribution is -0.0279. The van der Waals surface area contributed by atoms with Crippen LogP contribution in [0.1, 0.15) is 11.1 Å². The normalized spacial score (nSPS) is 10.8. The van der Waals surface area contributed by atoms with Gasteiger partial charge in [-0.3, -0.25) is 0 Å². The van der Waals surface area contributed by atoms with Gasteiger partial charge >= 0.3 is 0 Å². The van der Waals surface area contributed by atoms with Crippen LogP contribution in [0.4, 0.5) is 0 Å². The monoisotopic (exact) mass is 438 g/mol. The quantitative estimate of drug-likeness (QED) is 0.236. The van der Waals surface area contributed by atoms with Gasteiger partial charge in [-0.2, -0.15) is 0 Å². The maximum atomic E-state index is 5.67. The summed E-state index contributed by atoms with van der Waals surface area (Å²) in [6.07, 6.45) is 0. The predicted octanol–water partition coefficient (Wildman–Crippen LogP) is 4.83. The van der Waals surface area contributed by atoms with Crippen molar-refractivity contribution in [3.8, 4) is 11.5 Å². The second-order valence-electron chi connectivity index (χ2n) is 6.89. The van der Waals surface area contributed by atoms with Gasteiger partial charge in [0.2, 0.25) is 0 Å².